The molecule has 1 amide bonds. The van der Waals surface area contributed by atoms with Gasteiger partial charge >= 0.3 is 0 Å². The van der Waals surface area contributed by atoms with Crippen LogP contribution < -0.4 is 10.0 Å². The molecule has 0 aliphatic heterocycles. The van der Waals surface area contributed by atoms with Crippen LogP contribution in [0, 0.1) is 13.8 Å². The molecule has 0 radical (unpaired) electrons. The van der Waals surface area contributed by atoms with E-state index in [2.05, 4.69) is 18.8 Å². The maximum absolute atomic E-state index is 13.3. The second-order valence-electron chi connectivity index (χ2n) is 7.51. The molecule has 1 atom stereocenters. The van der Waals surface area contributed by atoms with Gasteiger partial charge in [-0.05, 0) is 49.1 Å². The number of nitrogens with zero attached hydrogens (tertiary/aromatic N) is 2. The van der Waals surface area contributed by atoms with Crippen LogP contribution in [0.25, 0.3) is 11.0 Å². The lowest BCUT2D eigenvalue weighted by Crippen LogP contribution is -2.45. The maximum atomic E-state index is 13.3. The molecule has 1 aromatic heterocycles. The molecule has 32 heavy (non-hydrogen) atoms. The largest absolute Gasteiger partial charge is 0.324 e. The van der Waals surface area contributed by atoms with Crippen LogP contribution in [0.4, 0.5) is 5.69 Å². The molecule has 0 unspecified atom stereocenters. The summed E-state index contributed by atoms with van der Waals surface area (Å²) in [6.45, 7) is 3.80. The Morgan fingerprint density at radius 2 is 1.62 bits per heavy atom. The lowest BCUT2D eigenvalue weighted by Gasteiger charge is -2.20. The Bertz CT molecular complexity index is 1350. The highest BCUT2D eigenvalue weighted by atomic mass is 32.2. The van der Waals surface area contributed by atoms with Crippen LogP contribution in [-0.4, -0.2) is 29.1 Å². The van der Waals surface area contributed by atoms with Gasteiger partial charge < -0.3 is 5.32 Å². The summed E-state index contributed by atoms with van der Waals surface area (Å²) in [5.41, 5.74) is 4.11. The molecule has 2 N–H and O–H groups in total. The molecular formula is C23H22N4O3S2. The van der Waals surface area contributed by atoms with Gasteiger partial charge in [0.2, 0.25) is 15.9 Å². The van der Waals surface area contributed by atoms with Crippen LogP contribution in [0.15, 0.2) is 71.6 Å². The van der Waals surface area contributed by atoms with Crippen molar-refractivity contribution in [1.29, 1.82) is 0 Å². The molecule has 0 aliphatic carbocycles. The number of aromatic nitrogens is 2. The molecule has 0 saturated carbocycles. The molecule has 1 heterocycles. The van der Waals surface area contributed by atoms with Gasteiger partial charge in [0.25, 0.3) is 0 Å². The Labute approximate surface area is 190 Å². The number of benzene rings is 3. The van der Waals surface area contributed by atoms with Gasteiger partial charge in [-0.2, -0.15) is 13.5 Å². The van der Waals surface area contributed by atoms with Crippen molar-refractivity contribution >= 4 is 44.4 Å². The van der Waals surface area contributed by atoms with Gasteiger partial charge in [0.15, 0.2) is 0 Å². The first-order chi connectivity index (χ1) is 15.3. The smallest absolute Gasteiger partial charge is 0.243 e. The fraction of sp³-hybridized carbons (Fsp3) is 0.174. The number of anilines is 1. The van der Waals surface area contributed by atoms with Gasteiger partial charge in [-0.25, -0.2) is 8.42 Å². The predicted octanol–water partition coefficient (Wildman–Crippen LogP) is 3.84. The Morgan fingerprint density at radius 1 is 0.938 bits per heavy atom. The molecule has 9 heteroatoms. The van der Waals surface area contributed by atoms with E-state index in [4.69, 9.17) is 0 Å². The van der Waals surface area contributed by atoms with E-state index in [-0.39, 0.29) is 11.3 Å². The van der Waals surface area contributed by atoms with E-state index in [0.717, 1.165) is 28.4 Å². The quantitative estimate of drug-likeness (QED) is 0.431. The summed E-state index contributed by atoms with van der Waals surface area (Å²) in [5, 5.41) is 2.91. The number of carbonyl (C=O) groups excluding carboxylic acids is 1. The molecule has 7 nitrogen and oxygen atoms in total. The number of carbonyl (C=O) groups is 1. The van der Waals surface area contributed by atoms with Crippen molar-refractivity contribution in [3.05, 3.63) is 83.4 Å². The Morgan fingerprint density at radius 3 is 2.34 bits per heavy atom. The first kappa shape index (κ1) is 22.1. The average Bonchev–Trinajstić information content (AvgIpc) is 3.25. The second kappa shape index (κ2) is 9.15. The summed E-state index contributed by atoms with van der Waals surface area (Å²) >= 11 is 0.944. The summed E-state index contributed by atoms with van der Waals surface area (Å²) in [4.78, 5) is 13.3. The normalized spacial score (nSPS) is 12.6. The zero-order valence-electron chi connectivity index (χ0n) is 17.6. The third-order valence-electron chi connectivity index (χ3n) is 5.16. The first-order valence-electron chi connectivity index (χ1n) is 10.00. The SMILES string of the molecule is Cc1cccc(C)c1NC(=O)[C@H](Cc1ccccc1)NS(=O)(=O)c1cccc2nsnc12. The minimum absolute atomic E-state index is 0.00156. The number of amides is 1. The lowest BCUT2D eigenvalue weighted by atomic mass is 10.0. The zero-order valence-corrected chi connectivity index (χ0v) is 19.2. The van der Waals surface area contributed by atoms with Crippen molar-refractivity contribution in [2.45, 2.75) is 31.2 Å². The summed E-state index contributed by atoms with van der Waals surface area (Å²) < 4.78 is 37.4. The zero-order chi connectivity index (χ0) is 22.7. The van der Waals surface area contributed by atoms with Crippen LogP contribution in [0.1, 0.15) is 16.7 Å². The van der Waals surface area contributed by atoms with Crippen LogP contribution in [-0.2, 0) is 21.2 Å². The maximum Gasteiger partial charge on any atom is 0.243 e. The van der Waals surface area contributed by atoms with Crippen molar-refractivity contribution < 1.29 is 13.2 Å². The number of fused-ring (bicyclic) bond motifs is 1. The molecular weight excluding hydrogens is 444 g/mol. The first-order valence-corrected chi connectivity index (χ1v) is 12.2. The van der Waals surface area contributed by atoms with E-state index in [0.29, 0.717) is 16.7 Å². The molecule has 0 saturated heterocycles. The summed E-state index contributed by atoms with van der Waals surface area (Å²) in [6.07, 6.45) is 0.197. The standard InChI is InChI=1S/C23H22N4O3S2/c1-15-8-6-9-16(2)21(15)24-23(28)19(14-17-10-4-3-5-11-17)27-32(29,30)20-13-7-12-18-22(20)26-31-25-18/h3-13,19,27H,14H2,1-2H3,(H,24,28)/t19-/m0/s1. The minimum atomic E-state index is -4.04. The number of aryl methyl sites for hydroxylation is 2. The fourth-order valence-electron chi connectivity index (χ4n) is 3.51. The molecule has 4 rings (SSSR count). The van der Waals surface area contributed by atoms with E-state index in [1.165, 1.54) is 6.07 Å². The van der Waals surface area contributed by atoms with Gasteiger partial charge in [0.1, 0.15) is 22.0 Å². The fourth-order valence-corrected chi connectivity index (χ4v) is 5.47. The number of hydrogen-bond donors (Lipinski definition) is 2. The molecule has 0 bridgehead atoms. The van der Waals surface area contributed by atoms with E-state index in [1.54, 1.807) is 12.1 Å². The highest BCUT2D eigenvalue weighted by Crippen LogP contribution is 2.23. The molecule has 164 valence electrons. The number of rotatable bonds is 7. The Hall–Kier alpha value is -3.14. The molecule has 0 fully saturated rings. The van der Waals surface area contributed by atoms with Crippen molar-refractivity contribution in [1.82, 2.24) is 13.5 Å². The number of hydrogen-bond acceptors (Lipinski definition) is 6. The molecule has 0 aliphatic rings. The second-order valence-corrected chi connectivity index (χ2v) is 9.72. The molecule has 3 aromatic carbocycles. The summed E-state index contributed by atoms with van der Waals surface area (Å²) in [6, 6.07) is 18.8. The summed E-state index contributed by atoms with van der Waals surface area (Å²) in [5.74, 6) is -0.432. The highest BCUT2D eigenvalue weighted by molar-refractivity contribution is 7.89. The van der Waals surface area contributed by atoms with Gasteiger partial charge in [-0.3, -0.25) is 4.79 Å². The highest BCUT2D eigenvalue weighted by Gasteiger charge is 2.28. The van der Waals surface area contributed by atoms with Crippen LogP contribution in [0.2, 0.25) is 0 Å². The number of nitrogens with one attached hydrogen (secondary N) is 2. The van der Waals surface area contributed by atoms with Crippen molar-refractivity contribution in [2.24, 2.45) is 0 Å². The van der Waals surface area contributed by atoms with E-state index in [9.17, 15) is 13.2 Å². The van der Waals surface area contributed by atoms with Crippen molar-refractivity contribution in [2.75, 3.05) is 5.32 Å². The average molecular weight is 467 g/mol. The summed E-state index contributed by atoms with van der Waals surface area (Å²) in [7, 11) is -4.04. The van der Waals surface area contributed by atoms with Crippen LogP contribution >= 0.6 is 11.7 Å². The predicted molar refractivity (Wildman–Crippen MR) is 126 cm³/mol. The van der Waals surface area contributed by atoms with Gasteiger partial charge in [-0.1, -0.05) is 54.6 Å². The van der Waals surface area contributed by atoms with Crippen molar-refractivity contribution in [3.8, 4) is 0 Å². The lowest BCUT2D eigenvalue weighted by molar-refractivity contribution is -0.117. The Kier molecular flexibility index (Phi) is 6.31. The van der Waals surface area contributed by atoms with Crippen LogP contribution in [0.5, 0.6) is 0 Å². The van der Waals surface area contributed by atoms with Crippen molar-refractivity contribution in [3.63, 3.8) is 0 Å². The number of para-hydroxylation sites is 1. The van der Waals surface area contributed by atoms with Gasteiger partial charge in [0.05, 0.1) is 11.7 Å². The molecule has 0 spiro atoms. The topological polar surface area (TPSA) is 101 Å². The Balaban J connectivity index is 1.67. The monoisotopic (exact) mass is 466 g/mol. The van der Waals surface area contributed by atoms with Gasteiger partial charge in [0, 0.05) is 5.69 Å². The van der Waals surface area contributed by atoms with Crippen LogP contribution in [0.3, 0.4) is 0 Å². The van der Waals surface area contributed by atoms with E-state index < -0.39 is 22.0 Å². The molecule has 4 aromatic rings. The minimum Gasteiger partial charge on any atom is -0.324 e. The van der Waals surface area contributed by atoms with E-state index in [1.807, 2.05) is 62.4 Å². The number of sulfonamides is 1. The third-order valence-corrected chi connectivity index (χ3v) is 7.21. The third kappa shape index (κ3) is 4.69. The van der Waals surface area contributed by atoms with Gasteiger partial charge in [-0.15, -0.1) is 0 Å². The van der Waals surface area contributed by atoms with E-state index >= 15 is 0 Å².